The fourth-order valence-electron chi connectivity index (χ4n) is 5.06. The van der Waals surface area contributed by atoms with Gasteiger partial charge in [-0.25, -0.2) is 0 Å². The summed E-state index contributed by atoms with van der Waals surface area (Å²) >= 11 is 0. The van der Waals surface area contributed by atoms with Gasteiger partial charge in [-0.1, -0.05) is 23.7 Å². The molecule has 2 saturated carbocycles. The van der Waals surface area contributed by atoms with Crippen molar-refractivity contribution in [3.8, 4) is 5.75 Å². The number of hydrogen-bond acceptors (Lipinski definition) is 5. The highest BCUT2D eigenvalue weighted by Gasteiger charge is 2.55. The third-order valence-electron chi connectivity index (χ3n) is 6.50. The smallest absolute Gasteiger partial charge is 0.233 e. The normalized spacial score (nSPS) is 27.4. The van der Waals surface area contributed by atoms with Crippen LogP contribution in [0.15, 0.2) is 28.8 Å². The zero-order chi connectivity index (χ0) is 18.1. The topological polar surface area (TPSA) is 60.2 Å². The molecule has 4 atom stereocenters. The molecule has 0 spiro atoms. The summed E-state index contributed by atoms with van der Waals surface area (Å²) in [6, 6.07) is 8.75. The Morgan fingerprint density at radius 3 is 2.89 bits per heavy atom. The number of likely N-dealkylation sites (N-methyl/N-ethyl adjacent to an activating group) is 1. The minimum absolute atomic E-state index is 0. The molecule has 1 aromatic heterocycles. The number of benzene rings is 1. The molecular formula is C21H30ClN3O2. The van der Waals surface area contributed by atoms with Crippen LogP contribution in [0.4, 0.5) is 0 Å². The zero-order valence-electron chi connectivity index (χ0n) is 16.4. The second-order valence-electron chi connectivity index (χ2n) is 8.17. The fourth-order valence-corrected chi connectivity index (χ4v) is 5.06. The van der Waals surface area contributed by atoms with Gasteiger partial charge in [0.2, 0.25) is 5.89 Å². The Kier molecular flexibility index (Phi) is 6.11. The molecule has 4 unspecified atom stereocenters. The molecule has 4 rings (SSSR count). The first-order chi connectivity index (χ1) is 12.6. The van der Waals surface area contributed by atoms with Gasteiger partial charge in [0.05, 0.1) is 12.5 Å². The minimum Gasteiger partial charge on any atom is -0.497 e. The molecule has 2 aromatic rings. The van der Waals surface area contributed by atoms with Crippen molar-refractivity contribution in [3.63, 3.8) is 0 Å². The summed E-state index contributed by atoms with van der Waals surface area (Å²) < 4.78 is 11.3. The molecule has 1 N–H and O–H groups in total. The lowest BCUT2D eigenvalue weighted by Crippen LogP contribution is -2.35. The summed E-state index contributed by atoms with van der Waals surface area (Å²) in [5.74, 6) is 4.03. The van der Waals surface area contributed by atoms with E-state index in [-0.39, 0.29) is 17.8 Å². The van der Waals surface area contributed by atoms with E-state index in [0.717, 1.165) is 42.6 Å². The number of nitrogens with one attached hydrogen (secondary N) is 1. The number of halogens is 1. The van der Waals surface area contributed by atoms with Crippen LogP contribution in [-0.4, -0.2) is 30.3 Å². The van der Waals surface area contributed by atoms with Crippen molar-refractivity contribution < 1.29 is 9.26 Å². The fraction of sp³-hybridized carbons (Fsp3) is 0.619. The third-order valence-corrected chi connectivity index (χ3v) is 6.50. The molecule has 0 amide bonds. The van der Waals surface area contributed by atoms with Gasteiger partial charge in [0, 0.05) is 12.5 Å². The highest BCUT2D eigenvalue weighted by Crippen LogP contribution is 2.58. The van der Waals surface area contributed by atoms with Gasteiger partial charge >= 0.3 is 0 Å². The molecule has 6 heteroatoms. The van der Waals surface area contributed by atoms with Crippen molar-refractivity contribution in [2.24, 2.45) is 11.8 Å². The van der Waals surface area contributed by atoms with Gasteiger partial charge < -0.3 is 14.6 Å². The molecule has 2 aliphatic rings. The number of ether oxygens (including phenoxy) is 1. The zero-order valence-corrected chi connectivity index (χ0v) is 17.2. The number of nitrogens with zero attached hydrogens (tertiary/aromatic N) is 2. The molecular weight excluding hydrogens is 362 g/mol. The van der Waals surface area contributed by atoms with Gasteiger partial charge in [0.1, 0.15) is 5.75 Å². The van der Waals surface area contributed by atoms with Gasteiger partial charge in [-0.2, -0.15) is 4.98 Å². The van der Waals surface area contributed by atoms with Crippen molar-refractivity contribution in [3.05, 3.63) is 41.5 Å². The second kappa shape index (κ2) is 8.19. The highest BCUT2D eigenvalue weighted by molar-refractivity contribution is 5.85. The van der Waals surface area contributed by atoms with Crippen LogP contribution < -0.4 is 10.1 Å². The summed E-state index contributed by atoms with van der Waals surface area (Å²) in [7, 11) is 3.69. The van der Waals surface area contributed by atoms with E-state index < -0.39 is 0 Å². The maximum atomic E-state index is 5.86. The van der Waals surface area contributed by atoms with Gasteiger partial charge in [-0.05, 0) is 69.2 Å². The number of aromatic nitrogens is 2. The molecule has 2 bridgehead atoms. The lowest BCUT2D eigenvalue weighted by atomic mass is 9.69. The van der Waals surface area contributed by atoms with Gasteiger partial charge in [-0.3, -0.25) is 0 Å². The molecule has 2 aliphatic carbocycles. The maximum Gasteiger partial charge on any atom is 0.233 e. The van der Waals surface area contributed by atoms with E-state index >= 15 is 0 Å². The summed E-state index contributed by atoms with van der Waals surface area (Å²) in [5.41, 5.74) is 1.28. The van der Waals surface area contributed by atoms with Crippen molar-refractivity contribution in [2.45, 2.75) is 56.9 Å². The minimum atomic E-state index is -0.0105. The number of hydrogen-bond donors (Lipinski definition) is 1. The Hall–Kier alpha value is -1.59. The molecule has 2 fully saturated rings. The summed E-state index contributed by atoms with van der Waals surface area (Å²) in [5, 5.41) is 7.55. The Labute approximate surface area is 167 Å². The van der Waals surface area contributed by atoms with Crippen molar-refractivity contribution in [1.82, 2.24) is 15.5 Å². The van der Waals surface area contributed by atoms with Crippen molar-refractivity contribution in [2.75, 3.05) is 14.2 Å². The predicted octanol–water partition coefficient (Wildman–Crippen LogP) is 3.95. The van der Waals surface area contributed by atoms with Crippen LogP contribution in [-0.2, 0) is 18.3 Å². The largest absolute Gasteiger partial charge is 0.497 e. The average Bonchev–Trinajstić information content (AvgIpc) is 3.38. The Morgan fingerprint density at radius 1 is 1.37 bits per heavy atom. The van der Waals surface area contributed by atoms with Crippen LogP contribution in [0.25, 0.3) is 0 Å². The molecule has 5 nitrogen and oxygen atoms in total. The van der Waals surface area contributed by atoms with E-state index in [2.05, 4.69) is 35.6 Å². The average molecular weight is 392 g/mol. The van der Waals surface area contributed by atoms with E-state index in [0.29, 0.717) is 12.0 Å². The van der Waals surface area contributed by atoms with Crippen molar-refractivity contribution in [1.29, 1.82) is 0 Å². The predicted molar refractivity (Wildman–Crippen MR) is 108 cm³/mol. The standard InChI is InChI=1S/C21H29N3O2.ClH/c1-14(22-2)9-19-23-20(26-24-19)21(13-16-7-8-17(21)10-16)12-15-5-4-6-18(11-15)25-3;/h4-6,11,14,16-17,22H,7-10,12-13H2,1-3H3;1H. The Balaban J connectivity index is 0.00000210. The quantitative estimate of drug-likeness (QED) is 0.774. The molecule has 0 aliphatic heterocycles. The molecule has 1 heterocycles. The van der Waals surface area contributed by atoms with E-state index in [4.69, 9.17) is 14.2 Å². The van der Waals surface area contributed by atoms with Crippen LogP contribution in [0, 0.1) is 11.8 Å². The molecule has 1 aromatic carbocycles. The van der Waals surface area contributed by atoms with Gasteiger partial charge in [0.15, 0.2) is 5.82 Å². The van der Waals surface area contributed by atoms with Crippen LogP contribution in [0.5, 0.6) is 5.75 Å². The number of rotatable bonds is 7. The summed E-state index contributed by atoms with van der Waals surface area (Å²) in [6.07, 6.45) is 6.84. The lowest BCUT2D eigenvalue weighted by Gasteiger charge is -2.34. The molecule has 148 valence electrons. The maximum absolute atomic E-state index is 5.86. The third kappa shape index (κ3) is 3.85. The van der Waals surface area contributed by atoms with Gasteiger partial charge in [-0.15, -0.1) is 12.4 Å². The molecule has 0 radical (unpaired) electrons. The van der Waals surface area contributed by atoms with E-state index in [1.165, 1.54) is 24.8 Å². The van der Waals surface area contributed by atoms with Crippen LogP contribution in [0.1, 0.15) is 49.9 Å². The first-order valence-electron chi connectivity index (χ1n) is 9.76. The lowest BCUT2D eigenvalue weighted by molar-refractivity contribution is 0.192. The van der Waals surface area contributed by atoms with E-state index in [1.807, 2.05) is 13.1 Å². The Bertz CT molecular complexity index is 765. The van der Waals surface area contributed by atoms with Crippen LogP contribution in [0.3, 0.4) is 0 Å². The Morgan fingerprint density at radius 2 is 2.22 bits per heavy atom. The van der Waals surface area contributed by atoms with E-state index in [9.17, 15) is 0 Å². The first kappa shape index (κ1) is 20.2. The number of methoxy groups -OCH3 is 1. The monoisotopic (exact) mass is 391 g/mol. The van der Waals surface area contributed by atoms with Crippen molar-refractivity contribution >= 4 is 12.4 Å². The van der Waals surface area contributed by atoms with Gasteiger partial charge in [0.25, 0.3) is 0 Å². The number of fused-ring (bicyclic) bond motifs is 2. The molecule has 0 saturated heterocycles. The SMILES string of the molecule is CNC(C)Cc1noc(C2(Cc3cccc(OC)c3)CC3CCC2C3)n1.Cl. The summed E-state index contributed by atoms with van der Waals surface area (Å²) in [6.45, 7) is 2.14. The summed E-state index contributed by atoms with van der Waals surface area (Å²) in [4.78, 5) is 4.86. The first-order valence-corrected chi connectivity index (χ1v) is 9.76. The highest BCUT2D eigenvalue weighted by atomic mass is 35.5. The van der Waals surface area contributed by atoms with Crippen LogP contribution in [0.2, 0.25) is 0 Å². The molecule has 27 heavy (non-hydrogen) atoms. The second-order valence-corrected chi connectivity index (χ2v) is 8.17. The van der Waals surface area contributed by atoms with E-state index in [1.54, 1.807) is 7.11 Å². The van der Waals surface area contributed by atoms with Crippen LogP contribution >= 0.6 is 12.4 Å².